The van der Waals surface area contributed by atoms with Gasteiger partial charge in [-0.1, -0.05) is 18.2 Å². The van der Waals surface area contributed by atoms with Crippen molar-refractivity contribution in [1.29, 1.82) is 0 Å². The molecule has 0 saturated carbocycles. The molecule has 0 spiro atoms. The Hall–Kier alpha value is -3.14. The number of fused-ring (bicyclic) bond motifs is 5. The first-order valence-corrected chi connectivity index (χ1v) is 15.3. The van der Waals surface area contributed by atoms with Crippen LogP contribution in [-0.4, -0.2) is 67.0 Å². The molecule has 10 heteroatoms. The van der Waals surface area contributed by atoms with Crippen molar-refractivity contribution < 1.29 is 46.2 Å². The molecule has 0 radical (unpaired) electrons. The second-order valence-corrected chi connectivity index (χ2v) is 12.1. The van der Waals surface area contributed by atoms with Crippen LogP contribution in [0.1, 0.15) is 79.4 Å². The molecule has 4 unspecified atom stereocenters. The lowest BCUT2D eigenvalue weighted by molar-refractivity contribution is -0.914. The van der Waals surface area contributed by atoms with Crippen LogP contribution in [0.4, 0.5) is 0 Å². The van der Waals surface area contributed by atoms with Crippen LogP contribution in [0.15, 0.2) is 41.2 Å². The quantitative estimate of drug-likeness (QED) is 0.434. The van der Waals surface area contributed by atoms with E-state index in [1.165, 1.54) is 12.0 Å². The highest BCUT2D eigenvalue weighted by molar-refractivity contribution is 5.97. The van der Waals surface area contributed by atoms with Crippen molar-refractivity contribution >= 4 is 17.8 Å². The summed E-state index contributed by atoms with van der Waals surface area (Å²) < 4.78 is 19.3. The van der Waals surface area contributed by atoms with E-state index in [9.17, 15) is 19.5 Å². The molecular formula is C33H43ClN2O7. The number of pyridine rings is 1. The fourth-order valence-corrected chi connectivity index (χ4v) is 6.72. The maximum atomic E-state index is 13.2. The molecule has 0 amide bonds. The third kappa shape index (κ3) is 8.28. The smallest absolute Gasteiger partial charge is 0.342 e. The monoisotopic (exact) mass is 614 g/mol. The number of halogens is 1. The average molecular weight is 615 g/mol. The zero-order valence-corrected chi connectivity index (χ0v) is 25.8. The number of ketones is 1. The number of likely N-dealkylation sites (tertiary alicyclic amines) is 1. The number of carbonyl (C=O) groups is 2. The van der Waals surface area contributed by atoms with Gasteiger partial charge in [-0.15, -0.1) is 0 Å². The number of allylic oxidation sites excluding steroid dienone is 1. The van der Waals surface area contributed by atoms with Gasteiger partial charge in [0.05, 0.1) is 26.3 Å². The van der Waals surface area contributed by atoms with E-state index in [0.717, 1.165) is 38.2 Å². The van der Waals surface area contributed by atoms with Crippen molar-refractivity contribution in [3.05, 3.63) is 63.6 Å². The molecule has 43 heavy (non-hydrogen) atoms. The maximum absolute atomic E-state index is 13.2. The van der Waals surface area contributed by atoms with Crippen molar-refractivity contribution in [3.63, 3.8) is 0 Å². The van der Waals surface area contributed by atoms with Crippen LogP contribution in [0.5, 0.6) is 11.5 Å². The number of piperidine rings is 1. The van der Waals surface area contributed by atoms with Crippen molar-refractivity contribution in [2.45, 2.75) is 76.5 Å². The topological polar surface area (TPSA) is 108 Å². The summed E-state index contributed by atoms with van der Waals surface area (Å²) in [4.78, 5) is 39.0. The van der Waals surface area contributed by atoms with E-state index < -0.39 is 12.1 Å². The molecule has 2 bridgehead atoms. The molecule has 9 nitrogen and oxygen atoms in total. The molecule has 4 heterocycles. The van der Waals surface area contributed by atoms with Crippen molar-refractivity contribution in [3.8, 4) is 11.5 Å². The van der Waals surface area contributed by atoms with Crippen LogP contribution in [0.25, 0.3) is 6.08 Å². The second-order valence-electron chi connectivity index (χ2n) is 12.1. The first kappa shape index (κ1) is 32.8. The second kappa shape index (κ2) is 15.0. The molecule has 1 fully saturated rings. The fourth-order valence-electron chi connectivity index (χ4n) is 6.72. The van der Waals surface area contributed by atoms with Gasteiger partial charge in [0.2, 0.25) is 0 Å². The van der Waals surface area contributed by atoms with Crippen LogP contribution in [0.3, 0.4) is 0 Å². The number of aromatic nitrogens is 1. The molecule has 5 atom stereocenters. The Labute approximate surface area is 259 Å². The molecule has 1 aromatic heterocycles. The number of hydrogen-bond donors (Lipinski definition) is 2. The Bertz CT molecular complexity index is 1370. The van der Waals surface area contributed by atoms with E-state index in [1.54, 1.807) is 18.2 Å². The number of nitrogens with one attached hydrogen (secondary N) is 1. The van der Waals surface area contributed by atoms with Crippen LogP contribution in [0.2, 0.25) is 0 Å². The molecule has 5 rings (SSSR count). The Morgan fingerprint density at radius 3 is 2.77 bits per heavy atom. The third-order valence-corrected chi connectivity index (χ3v) is 8.67. The number of aliphatic hydroxyl groups is 1. The first-order valence-electron chi connectivity index (χ1n) is 15.3. The number of ether oxygens (including phenoxy) is 3. The van der Waals surface area contributed by atoms with E-state index in [1.807, 2.05) is 29.7 Å². The molecule has 1 aromatic carbocycles. The van der Waals surface area contributed by atoms with Gasteiger partial charge in [-0.05, 0) is 56.7 Å². The molecule has 2 aromatic rings. The minimum absolute atomic E-state index is 0. The summed E-state index contributed by atoms with van der Waals surface area (Å²) in [5, 5.41) is 10.9. The third-order valence-electron chi connectivity index (χ3n) is 8.67. The summed E-state index contributed by atoms with van der Waals surface area (Å²) in [6.07, 6.45) is 7.70. The van der Waals surface area contributed by atoms with E-state index in [-0.39, 0.29) is 36.5 Å². The highest BCUT2D eigenvalue weighted by Crippen LogP contribution is 2.32. The van der Waals surface area contributed by atoms with Crippen LogP contribution in [0, 0.1) is 5.92 Å². The maximum Gasteiger partial charge on any atom is 0.342 e. The van der Waals surface area contributed by atoms with Crippen LogP contribution in [-0.2, 0) is 16.1 Å². The number of esters is 1. The van der Waals surface area contributed by atoms with Gasteiger partial charge in [0, 0.05) is 49.0 Å². The van der Waals surface area contributed by atoms with Crippen LogP contribution < -0.4 is 32.3 Å². The Morgan fingerprint density at radius 2 is 1.95 bits per heavy atom. The first-order chi connectivity index (χ1) is 20.3. The lowest BCUT2D eigenvalue weighted by Gasteiger charge is -2.40. The molecule has 2 N–H and O–H groups in total. The van der Waals surface area contributed by atoms with Crippen molar-refractivity contribution in [2.24, 2.45) is 5.92 Å². The van der Waals surface area contributed by atoms with Gasteiger partial charge < -0.3 is 41.2 Å². The number of quaternary nitrogens is 1. The number of carbonyl (C=O) groups excluding carboxylic acids is 2. The molecule has 234 valence electrons. The summed E-state index contributed by atoms with van der Waals surface area (Å²) in [5.41, 5.74) is 2.13. The van der Waals surface area contributed by atoms with E-state index >= 15 is 0 Å². The number of hydrogen-bond acceptors (Lipinski definition) is 7. The summed E-state index contributed by atoms with van der Waals surface area (Å²) in [6, 6.07) is 8.97. The van der Waals surface area contributed by atoms with Gasteiger partial charge in [0.25, 0.3) is 5.56 Å². The number of nitrogens with zero attached hydrogens (tertiary/aromatic N) is 1. The van der Waals surface area contributed by atoms with Gasteiger partial charge in [-0.3, -0.25) is 9.59 Å². The lowest BCUT2D eigenvalue weighted by atomic mass is 9.83. The molecule has 3 aliphatic heterocycles. The van der Waals surface area contributed by atoms with E-state index in [2.05, 4.69) is 6.07 Å². The van der Waals surface area contributed by atoms with Crippen LogP contribution >= 0.6 is 0 Å². The number of rotatable bonds is 6. The number of benzene rings is 1. The summed E-state index contributed by atoms with van der Waals surface area (Å²) in [5.74, 6) is 1.34. The Balaban J connectivity index is 0.00000423. The Morgan fingerprint density at radius 1 is 1.14 bits per heavy atom. The van der Waals surface area contributed by atoms with Gasteiger partial charge in [-0.2, -0.15) is 0 Å². The van der Waals surface area contributed by atoms with E-state index in [4.69, 9.17) is 14.2 Å². The Kier molecular flexibility index (Phi) is 11.5. The number of aliphatic hydroxyl groups excluding tert-OH is 1. The molecule has 1 saturated heterocycles. The van der Waals surface area contributed by atoms with E-state index in [0.29, 0.717) is 73.1 Å². The van der Waals surface area contributed by atoms with Gasteiger partial charge in [0.15, 0.2) is 0 Å². The predicted octanol–water partition coefficient (Wildman–Crippen LogP) is -0.215. The number of methoxy groups -OCH3 is 1. The van der Waals surface area contributed by atoms with Gasteiger partial charge >= 0.3 is 5.97 Å². The van der Waals surface area contributed by atoms with Crippen molar-refractivity contribution in [2.75, 3.05) is 33.4 Å². The fraction of sp³-hybridized carbons (Fsp3) is 0.545. The van der Waals surface area contributed by atoms with Crippen molar-refractivity contribution in [1.82, 2.24) is 4.57 Å². The summed E-state index contributed by atoms with van der Waals surface area (Å²) >= 11 is 0. The molecule has 3 aliphatic rings. The normalized spacial score (nSPS) is 24.8. The zero-order valence-electron chi connectivity index (χ0n) is 25.1. The number of cyclic esters (lactones) is 1. The highest BCUT2D eigenvalue weighted by atomic mass is 35.5. The summed E-state index contributed by atoms with van der Waals surface area (Å²) in [6.45, 7) is 5.02. The largest absolute Gasteiger partial charge is 1.00 e. The summed E-state index contributed by atoms with van der Waals surface area (Å²) in [7, 11) is 1.51. The molecular weight excluding hydrogens is 572 g/mol. The molecule has 0 aliphatic carbocycles. The van der Waals surface area contributed by atoms with Gasteiger partial charge in [0.1, 0.15) is 42.1 Å². The van der Waals surface area contributed by atoms with Gasteiger partial charge in [-0.25, -0.2) is 4.79 Å². The standard InChI is InChI=1S/C33H42N2O7.ClH/c1-22-8-6-11-26(36)10-5-3-4-9-24-15-28(16-30(40-2)32(24)33(39)42-22)41-21-27(37)20-34-17-23-14-25(19-34)29-12-7-13-31(38)35(29)18-23;/h4,7,9,12-13,15-16,22-23,25,27,37H,3,5-6,8,10-11,14,17-21H2,1-2H3;1H/t22-,23?,25?,27?;/m0./s1. The minimum Gasteiger partial charge on any atom is -1.00 e. The average Bonchev–Trinajstić information content (AvgIpc) is 2.95. The lowest BCUT2D eigenvalue weighted by Crippen LogP contribution is -3.15. The SMILES string of the molecule is COc1cc(OCC(O)C[NH+]2CC3CC(C2)c2cccc(=O)n2C3)cc2c1C(=O)O[C@@H](C)CCCC(=O)CCCC=C2.[Cl-]. The number of Topliss-reactive ketones (excluding diaryl/α,β-unsaturated/α-hetero) is 1. The highest BCUT2D eigenvalue weighted by Gasteiger charge is 2.37. The minimum atomic E-state index is -0.685. The zero-order chi connectivity index (χ0) is 29.6. The predicted molar refractivity (Wildman–Crippen MR) is 158 cm³/mol.